The van der Waals surface area contributed by atoms with Crippen LogP contribution in [0.25, 0.3) is 10.2 Å². The molecular formula is C26H26N6O7S4. The zero-order valence-corrected chi connectivity index (χ0v) is 26.6. The molecular weight excluding hydrogens is 637 g/mol. The number of nitrogen functional groups attached to an aromatic ring is 1. The Morgan fingerprint density at radius 3 is 2.65 bits per heavy atom. The van der Waals surface area contributed by atoms with E-state index in [1.807, 2.05) is 24.3 Å². The van der Waals surface area contributed by atoms with Gasteiger partial charge in [0, 0.05) is 16.0 Å². The molecule has 2 amide bonds. The van der Waals surface area contributed by atoms with Gasteiger partial charge in [-0.25, -0.2) is 14.8 Å². The van der Waals surface area contributed by atoms with Gasteiger partial charge in [0.25, 0.3) is 11.8 Å². The van der Waals surface area contributed by atoms with Gasteiger partial charge in [-0.2, -0.15) is 0 Å². The van der Waals surface area contributed by atoms with E-state index in [1.165, 1.54) is 46.9 Å². The number of nitrogens with one attached hydrogen (secondary N) is 1. The predicted octanol–water partition coefficient (Wildman–Crippen LogP) is 3.18. The maximum absolute atomic E-state index is 13.5. The van der Waals surface area contributed by atoms with Gasteiger partial charge in [-0.1, -0.05) is 29.1 Å². The number of β-lactam (4-membered cyclic amide) rings is 1. The zero-order chi connectivity index (χ0) is 30.9. The van der Waals surface area contributed by atoms with Crippen molar-refractivity contribution in [3.63, 3.8) is 0 Å². The van der Waals surface area contributed by atoms with Gasteiger partial charge >= 0.3 is 11.9 Å². The summed E-state index contributed by atoms with van der Waals surface area (Å²) in [5.41, 5.74) is 5.78. The van der Waals surface area contributed by atoms with Crippen LogP contribution in [0.5, 0.6) is 0 Å². The lowest BCUT2D eigenvalue weighted by molar-refractivity contribution is -0.173. The second kappa shape index (κ2) is 12.5. The lowest BCUT2D eigenvalue weighted by Crippen LogP contribution is -2.71. The normalized spacial score (nSPS) is 18.7. The number of thiazole rings is 2. The van der Waals surface area contributed by atoms with E-state index in [4.69, 9.17) is 20.0 Å². The Kier molecular flexibility index (Phi) is 8.96. The number of benzene rings is 1. The number of nitrogens with two attached hydrogens (primary N) is 1. The molecule has 43 heavy (non-hydrogen) atoms. The molecule has 1 fully saturated rings. The molecule has 0 spiro atoms. The van der Waals surface area contributed by atoms with Crippen molar-refractivity contribution >= 4 is 91.0 Å². The van der Waals surface area contributed by atoms with E-state index in [9.17, 15) is 19.2 Å². The van der Waals surface area contributed by atoms with Crippen molar-refractivity contribution in [2.24, 2.45) is 10.6 Å². The van der Waals surface area contributed by atoms with Crippen LogP contribution >= 0.6 is 46.2 Å². The molecule has 0 aliphatic carbocycles. The van der Waals surface area contributed by atoms with Gasteiger partial charge in [-0.3, -0.25) is 19.3 Å². The standard InChI is InChI=1S/C26H26N6O7S4/c1-26(2,3)23(36)39-11-38-22(35)18-15(43-25-29-12-7-5-6-8-14(12)42-25)10-40-21-17(20(34)32(18)21)30-19(33)16(31-37-4)13-9-41-24(27)28-13/h5-9,17,21H,10-11H2,1-4H3,(H2,27,28)(H,30,33)/b31-16-/t17?,21-/m1/s1. The largest absolute Gasteiger partial charge is 0.427 e. The van der Waals surface area contributed by atoms with Gasteiger partial charge < -0.3 is 25.4 Å². The van der Waals surface area contributed by atoms with Crippen LogP contribution in [-0.4, -0.2) is 75.4 Å². The van der Waals surface area contributed by atoms with Crippen LogP contribution in [0.15, 0.2) is 49.7 Å². The maximum atomic E-state index is 13.5. The molecule has 2 aliphatic rings. The second-order valence-electron chi connectivity index (χ2n) is 10.1. The van der Waals surface area contributed by atoms with E-state index in [0.29, 0.717) is 15.0 Å². The van der Waals surface area contributed by atoms with Gasteiger partial charge in [0.2, 0.25) is 6.79 Å². The lowest BCUT2D eigenvalue weighted by atomic mass is 9.98. The monoisotopic (exact) mass is 662 g/mol. The molecule has 3 aromatic rings. The Bertz CT molecular complexity index is 1630. The number of aromatic nitrogens is 2. The highest BCUT2D eigenvalue weighted by atomic mass is 32.2. The molecule has 0 bridgehead atoms. The van der Waals surface area contributed by atoms with Crippen LogP contribution in [0.3, 0.4) is 0 Å². The van der Waals surface area contributed by atoms with Crippen LogP contribution in [0.4, 0.5) is 5.13 Å². The van der Waals surface area contributed by atoms with Crippen molar-refractivity contribution in [2.45, 2.75) is 36.5 Å². The first kappa shape index (κ1) is 30.8. The molecule has 4 heterocycles. The minimum atomic E-state index is -0.967. The minimum absolute atomic E-state index is 0.00775. The lowest BCUT2D eigenvalue weighted by Gasteiger charge is -2.49. The second-order valence-corrected chi connectivity index (χ2v) is 14.5. The highest BCUT2D eigenvalue weighted by Crippen LogP contribution is 2.46. The Hall–Kier alpha value is -3.67. The van der Waals surface area contributed by atoms with Crippen molar-refractivity contribution in [3.05, 3.63) is 45.9 Å². The van der Waals surface area contributed by atoms with Gasteiger partial charge in [0.1, 0.15) is 29.9 Å². The molecule has 2 atom stereocenters. The van der Waals surface area contributed by atoms with E-state index in [2.05, 4.69) is 20.4 Å². The number of fused-ring (bicyclic) bond motifs is 2. The SMILES string of the molecule is CO/N=C(\C(=O)NC1C(=O)N2C(C(=O)OCOC(=O)C(C)(C)C)=C(Sc3nc4ccccc4s3)CS[C@H]12)c1csc(N)n1. The number of thioether (sulfide) groups is 2. The molecule has 3 N–H and O–H groups in total. The summed E-state index contributed by atoms with van der Waals surface area (Å²) in [6.07, 6.45) is 0. The predicted molar refractivity (Wildman–Crippen MR) is 164 cm³/mol. The Labute approximate surface area is 262 Å². The number of amides is 2. The molecule has 2 aliphatic heterocycles. The smallest absolute Gasteiger partial charge is 0.358 e. The molecule has 1 saturated heterocycles. The van der Waals surface area contributed by atoms with E-state index in [-0.39, 0.29) is 22.2 Å². The molecule has 0 saturated carbocycles. The number of carbonyl (C=O) groups is 4. The van der Waals surface area contributed by atoms with Crippen LogP contribution in [-0.2, 0) is 33.5 Å². The molecule has 0 radical (unpaired) electrons. The van der Waals surface area contributed by atoms with Crippen molar-refractivity contribution in [3.8, 4) is 0 Å². The summed E-state index contributed by atoms with van der Waals surface area (Å²) in [5, 5.41) is 7.61. The molecule has 1 unspecified atom stereocenters. The number of anilines is 1. The molecule has 2 aromatic heterocycles. The number of para-hydroxylation sites is 1. The first-order valence-corrected chi connectivity index (χ1v) is 16.2. The Morgan fingerprint density at radius 2 is 1.98 bits per heavy atom. The van der Waals surface area contributed by atoms with E-state index >= 15 is 0 Å². The third kappa shape index (κ3) is 6.48. The number of esters is 2. The van der Waals surface area contributed by atoms with Gasteiger partial charge in [0.15, 0.2) is 15.2 Å². The summed E-state index contributed by atoms with van der Waals surface area (Å²) in [5.74, 6) is -2.28. The van der Waals surface area contributed by atoms with E-state index in [0.717, 1.165) is 21.6 Å². The van der Waals surface area contributed by atoms with Crippen molar-refractivity contribution in [1.82, 2.24) is 20.2 Å². The summed E-state index contributed by atoms with van der Waals surface area (Å²) < 4.78 is 12.1. The first-order chi connectivity index (χ1) is 20.5. The van der Waals surface area contributed by atoms with Crippen LogP contribution in [0, 0.1) is 5.41 Å². The number of nitrogens with zero attached hydrogens (tertiary/aromatic N) is 4. The number of carbonyl (C=O) groups excluding carboxylic acids is 4. The van der Waals surface area contributed by atoms with Crippen LogP contribution in [0.2, 0.25) is 0 Å². The first-order valence-electron chi connectivity index (χ1n) is 12.7. The van der Waals surface area contributed by atoms with E-state index in [1.54, 1.807) is 26.2 Å². The van der Waals surface area contributed by atoms with E-state index < -0.39 is 47.4 Å². The molecule has 1 aromatic carbocycles. The summed E-state index contributed by atoms with van der Waals surface area (Å²) in [6.45, 7) is 4.41. The minimum Gasteiger partial charge on any atom is -0.427 e. The fourth-order valence-corrected chi connectivity index (χ4v) is 8.23. The van der Waals surface area contributed by atoms with Gasteiger partial charge in [-0.15, -0.1) is 34.4 Å². The average Bonchev–Trinajstić information content (AvgIpc) is 3.58. The summed E-state index contributed by atoms with van der Waals surface area (Å²) in [7, 11) is 1.28. The molecule has 5 rings (SSSR count). The number of oxime groups is 1. The number of hydrogen-bond acceptors (Lipinski definition) is 15. The number of hydrogen-bond donors (Lipinski definition) is 2. The van der Waals surface area contributed by atoms with Crippen molar-refractivity contribution < 1.29 is 33.5 Å². The average molecular weight is 663 g/mol. The van der Waals surface area contributed by atoms with Crippen LogP contribution < -0.4 is 11.1 Å². The summed E-state index contributed by atoms with van der Waals surface area (Å²) in [4.78, 5) is 67.5. The number of ether oxygens (including phenoxy) is 2. The highest BCUT2D eigenvalue weighted by molar-refractivity contribution is 8.07. The Morgan fingerprint density at radius 1 is 1.21 bits per heavy atom. The maximum Gasteiger partial charge on any atom is 0.358 e. The van der Waals surface area contributed by atoms with Crippen molar-refractivity contribution in [1.29, 1.82) is 0 Å². The third-order valence-electron chi connectivity index (χ3n) is 6.05. The fraction of sp³-hybridized carbons (Fsp3) is 0.346. The fourth-order valence-electron chi connectivity index (χ4n) is 3.98. The third-order valence-corrected chi connectivity index (χ3v) is 10.4. The summed E-state index contributed by atoms with van der Waals surface area (Å²) >= 11 is 5.21. The topological polar surface area (TPSA) is 175 Å². The molecule has 13 nitrogen and oxygen atoms in total. The zero-order valence-electron chi connectivity index (χ0n) is 23.3. The van der Waals surface area contributed by atoms with Crippen LogP contribution in [0.1, 0.15) is 26.5 Å². The van der Waals surface area contributed by atoms with Gasteiger partial charge in [-0.05, 0) is 32.9 Å². The van der Waals surface area contributed by atoms with Crippen molar-refractivity contribution in [2.75, 3.05) is 25.4 Å². The molecule has 17 heteroatoms. The summed E-state index contributed by atoms with van der Waals surface area (Å²) in [6, 6.07) is 6.67. The quantitative estimate of drug-likeness (QED) is 0.113. The highest BCUT2D eigenvalue weighted by Gasteiger charge is 2.55. The Balaban J connectivity index is 1.38. The van der Waals surface area contributed by atoms with Gasteiger partial charge in [0.05, 0.1) is 15.6 Å². The number of rotatable bonds is 9. The molecule has 226 valence electrons.